The summed E-state index contributed by atoms with van der Waals surface area (Å²) in [5.74, 6) is 1.27. The predicted octanol–water partition coefficient (Wildman–Crippen LogP) is 3.69. The Labute approximate surface area is 129 Å². The lowest BCUT2D eigenvalue weighted by atomic mass is 10.2. The van der Waals surface area contributed by atoms with Crippen LogP contribution in [-0.4, -0.2) is 18.1 Å². The summed E-state index contributed by atoms with van der Waals surface area (Å²) in [6, 6.07) is 6.70. The second-order valence-corrected chi connectivity index (χ2v) is 5.88. The van der Waals surface area contributed by atoms with Crippen molar-refractivity contribution in [3.05, 3.63) is 44.3 Å². The number of nitro groups is 1. The smallest absolute Gasteiger partial charge is 0.324 e. The highest BCUT2D eigenvalue weighted by Crippen LogP contribution is 2.38. The number of ether oxygens (including phenoxy) is 2. The van der Waals surface area contributed by atoms with Crippen LogP contribution in [0.3, 0.4) is 0 Å². The zero-order valence-corrected chi connectivity index (χ0v) is 12.4. The van der Waals surface area contributed by atoms with Crippen LogP contribution in [0, 0.1) is 10.1 Å². The molecule has 1 N–H and O–H groups in total. The molecule has 8 heteroatoms. The van der Waals surface area contributed by atoms with Gasteiger partial charge in [-0.2, -0.15) is 0 Å². The fourth-order valence-electron chi connectivity index (χ4n) is 1.94. The molecule has 1 aromatic carbocycles. The number of hydrogen-bond donors (Lipinski definition) is 1. The summed E-state index contributed by atoms with van der Waals surface area (Å²) in [5, 5.41) is 14.4. The Bertz CT molecular complexity index is 689. The number of anilines is 1. The third-order valence-electron chi connectivity index (χ3n) is 2.91. The third-order valence-corrected chi connectivity index (χ3v) is 4.26. The average molecular weight is 327 g/mol. The van der Waals surface area contributed by atoms with E-state index in [1.54, 1.807) is 18.2 Å². The van der Waals surface area contributed by atoms with Crippen LogP contribution in [0.5, 0.6) is 11.5 Å². The van der Waals surface area contributed by atoms with Crippen molar-refractivity contribution in [2.75, 3.05) is 18.5 Å². The van der Waals surface area contributed by atoms with E-state index in [0.717, 1.165) is 16.2 Å². The second kappa shape index (κ2) is 5.79. The molecular formula is C13H11ClN2O4S. The topological polar surface area (TPSA) is 73.6 Å². The van der Waals surface area contributed by atoms with Gasteiger partial charge in [0.15, 0.2) is 11.5 Å². The molecular weight excluding hydrogens is 316 g/mol. The van der Waals surface area contributed by atoms with Crippen molar-refractivity contribution >= 4 is 33.6 Å². The number of hydrogen-bond acceptors (Lipinski definition) is 6. The Morgan fingerprint density at radius 3 is 2.67 bits per heavy atom. The highest BCUT2D eigenvalue weighted by atomic mass is 35.5. The van der Waals surface area contributed by atoms with Crippen LogP contribution >= 0.6 is 22.9 Å². The fraction of sp³-hybridized carbons (Fsp3) is 0.231. The number of benzene rings is 1. The summed E-state index contributed by atoms with van der Waals surface area (Å²) in [6.07, 6.45) is 0. The first-order valence-electron chi connectivity index (χ1n) is 6.19. The van der Waals surface area contributed by atoms with E-state index in [1.807, 2.05) is 0 Å². The Morgan fingerprint density at radius 2 is 2.00 bits per heavy atom. The van der Waals surface area contributed by atoms with Gasteiger partial charge in [-0.15, -0.1) is 0 Å². The van der Waals surface area contributed by atoms with Gasteiger partial charge in [0.25, 0.3) is 0 Å². The van der Waals surface area contributed by atoms with E-state index in [4.69, 9.17) is 21.1 Å². The average Bonchev–Trinajstić information content (AvgIpc) is 2.94. The van der Waals surface area contributed by atoms with Crippen LogP contribution in [-0.2, 0) is 6.54 Å². The number of halogens is 1. The van der Waals surface area contributed by atoms with Gasteiger partial charge in [-0.1, -0.05) is 22.9 Å². The van der Waals surface area contributed by atoms with Gasteiger partial charge in [0, 0.05) is 29.6 Å². The van der Waals surface area contributed by atoms with E-state index in [2.05, 4.69) is 5.32 Å². The van der Waals surface area contributed by atoms with Crippen LogP contribution in [0.15, 0.2) is 24.3 Å². The van der Waals surface area contributed by atoms with Crippen molar-refractivity contribution in [3.8, 4) is 11.5 Å². The summed E-state index contributed by atoms with van der Waals surface area (Å²) in [4.78, 5) is 11.1. The zero-order valence-electron chi connectivity index (χ0n) is 10.8. The van der Waals surface area contributed by atoms with Gasteiger partial charge >= 0.3 is 5.00 Å². The predicted molar refractivity (Wildman–Crippen MR) is 80.7 cm³/mol. The maximum Gasteiger partial charge on any atom is 0.324 e. The molecule has 1 aliphatic heterocycles. The number of fused-ring (bicyclic) bond motifs is 1. The Morgan fingerprint density at radius 1 is 1.29 bits per heavy atom. The summed E-state index contributed by atoms with van der Waals surface area (Å²) in [5.41, 5.74) is 0.706. The largest absolute Gasteiger partial charge is 0.486 e. The summed E-state index contributed by atoms with van der Waals surface area (Å²) in [6.45, 7) is 1.47. The minimum atomic E-state index is -0.398. The molecule has 2 aromatic rings. The molecule has 110 valence electrons. The monoisotopic (exact) mass is 326 g/mol. The molecule has 0 spiro atoms. The molecule has 6 nitrogen and oxygen atoms in total. The quantitative estimate of drug-likeness (QED) is 0.685. The molecule has 0 atom stereocenters. The van der Waals surface area contributed by atoms with Crippen molar-refractivity contribution in [2.24, 2.45) is 0 Å². The lowest BCUT2D eigenvalue weighted by molar-refractivity contribution is -0.380. The molecule has 0 saturated carbocycles. The van der Waals surface area contributed by atoms with E-state index in [1.165, 1.54) is 6.07 Å². The maximum absolute atomic E-state index is 10.6. The van der Waals surface area contributed by atoms with E-state index in [0.29, 0.717) is 42.0 Å². The molecule has 1 aromatic heterocycles. The van der Waals surface area contributed by atoms with Crippen molar-refractivity contribution in [2.45, 2.75) is 6.54 Å². The van der Waals surface area contributed by atoms with E-state index in [9.17, 15) is 10.1 Å². The molecule has 0 unspecified atom stereocenters. The van der Waals surface area contributed by atoms with Gasteiger partial charge in [0.1, 0.15) is 13.2 Å². The van der Waals surface area contributed by atoms with Gasteiger partial charge in [-0.05, 0) is 6.07 Å². The van der Waals surface area contributed by atoms with E-state index in [-0.39, 0.29) is 5.00 Å². The molecule has 0 bridgehead atoms. The standard InChI is InChI=1S/C13H11ClN2O4S/c14-9-5-11-12(20-4-3-19-11)6-10(9)15-7-8-1-2-13(21-8)16(17)18/h1-2,5-6,15H,3-4,7H2. The third kappa shape index (κ3) is 3.03. The first-order chi connectivity index (χ1) is 10.1. The van der Waals surface area contributed by atoms with Crippen LogP contribution in [0.4, 0.5) is 10.7 Å². The lowest BCUT2D eigenvalue weighted by Gasteiger charge is -2.20. The molecule has 0 aliphatic carbocycles. The fourth-order valence-corrected chi connectivity index (χ4v) is 2.92. The van der Waals surface area contributed by atoms with Gasteiger partial charge in [0.2, 0.25) is 0 Å². The van der Waals surface area contributed by atoms with Crippen LogP contribution < -0.4 is 14.8 Å². The molecule has 21 heavy (non-hydrogen) atoms. The molecule has 0 amide bonds. The molecule has 0 saturated heterocycles. The number of thiophene rings is 1. The van der Waals surface area contributed by atoms with Crippen molar-refractivity contribution in [1.29, 1.82) is 0 Å². The Balaban J connectivity index is 1.73. The second-order valence-electron chi connectivity index (χ2n) is 4.33. The summed E-state index contributed by atoms with van der Waals surface area (Å²) < 4.78 is 10.9. The number of rotatable bonds is 4. The van der Waals surface area contributed by atoms with Gasteiger partial charge in [0.05, 0.1) is 15.6 Å². The summed E-state index contributed by atoms with van der Waals surface area (Å²) in [7, 11) is 0. The lowest BCUT2D eigenvalue weighted by Crippen LogP contribution is -2.15. The first-order valence-corrected chi connectivity index (χ1v) is 7.39. The normalized spacial score (nSPS) is 13.0. The first kappa shape index (κ1) is 14.0. The molecule has 3 rings (SSSR count). The highest BCUT2D eigenvalue weighted by Gasteiger charge is 2.15. The van der Waals surface area contributed by atoms with Crippen molar-refractivity contribution in [1.82, 2.24) is 0 Å². The van der Waals surface area contributed by atoms with Crippen molar-refractivity contribution in [3.63, 3.8) is 0 Å². The van der Waals surface area contributed by atoms with Crippen LogP contribution in [0.2, 0.25) is 5.02 Å². The molecule has 1 aliphatic rings. The van der Waals surface area contributed by atoms with Crippen molar-refractivity contribution < 1.29 is 14.4 Å². The Kier molecular flexibility index (Phi) is 3.85. The van der Waals surface area contributed by atoms with Crippen LogP contribution in [0.25, 0.3) is 0 Å². The minimum Gasteiger partial charge on any atom is -0.486 e. The van der Waals surface area contributed by atoms with E-state index >= 15 is 0 Å². The molecule has 0 fully saturated rings. The van der Waals surface area contributed by atoms with Gasteiger partial charge < -0.3 is 14.8 Å². The molecule has 2 heterocycles. The minimum absolute atomic E-state index is 0.125. The maximum atomic E-state index is 10.6. The number of nitrogens with one attached hydrogen (secondary N) is 1. The highest BCUT2D eigenvalue weighted by molar-refractivity contribution is 7.15. The van der Waals surface area contributed by atoms with Gasteiger partial charge in [-0.3, -0.25) is 10.1 Å². The summed E-state index contributed by atoms with van der Waals surface area (Å²) >= 11 is 7.31. The number of nitrogens with zero attached hydrogens (tertiary/aromatic N) is 1. The SMILES string of the molecule is O=[N+]([O-])c1ccc(CNc2cc3c(cc2Cl)OCCO3)s1. The molecule has 0 radical (unpaired) electrons. The van der Waals surface area contributed by atoms with Gasteiger partial charge in [-0.25, -0.2) is 0 Å². The van der Waals surface area contributed by atoms with Crippen LogP contribution in [0.1, 0.15) is 4.88 Å². The zero-order chi connectivity index (χ0) is 14.8. The van der Waals surface area contributed by atoms with E-state index < -0.39 is 4.92 Å². The Hall–Kier alpha value is -1.99.